The molecule has 1 fully saturated rings. The number of rotatable bonds is 10. The summed E-state index contributed by atoms with van der Waals surface area (Å²) in [4.78, 5) is 15.0. The fourth-order valence-corrected chi connectivity index (χ4v) is 5.16. The molecule has 0 saturated carbocycles. The van der Waals surface area contributed by atoms with E-state index in [1.165, 1.54) is 18.1 Å². The molecule has 1 amide bonds. The van der Waals surface area contributed by atoms with E-state index in [-0.39, 0.29) is 11.3 Å². The highest BCUT2D eigenvalue weighted by atomic mass is 35.5. The van der Waals surface area contributed by atoms with E-state index in [1.807, 2.05) is 6.07 Å². The van der Waals surface area contributed by atoms with Crippen LogP contribution in [0.1, 0.15) is 44.2 Å². The number of amides is 1. The summed E-state index contributed by atoms with van der Waals surface area (Å²) < 4.78 is 47.6. The summed E-state index contributed by atoms with van der Waals surface area (Å²) in [6.45, 7) is 1.43. The van der Waals surface area contributed by atoms with E-state index in [0.717, 1.165) is 48.1 Å². The molecule has 1 aromatic heterocycles. The Morgan fingerprint density at radius 2 is 1.80 bits per heavy atom. The zero-order valence-electron chi connectivity index (χ0n) is 22.6. The van der Waals surface area contributed by atoms with Crippen LogP contribution in [0.15, 0.2) is 36.5 Å². The smallest absolute Gasteiger partial charge is 0.258 e. The summed E-state index contributed by atoms with van der Waals surface area (Å²) in [7, 11) is 1.51. The Labute approximate surface area is 240 Å². The lowest BCUT2D eigenvalue weighted by molar-refractivity contribution is -0.205. The average Bonchev–Trinajstić information content (AvgIpc) is 3.43. The number of benzene rings is 2. The second-order valence-electron chi connectivity index (χ2n) is 10.1. The third-order valence-electron chi connectivity index (χ3n) is 7.27. The van der Waals surface area contributed by atoms with Crippen molar-refractivity contribution in [3.05, 3.63) is 64.6 Å². The number of carbonyl (C=O) groups is 1. The van der Waals surface area contributed by atoms with Gasteiger partial charge in [-0.05, 0) is 42.7 Å². The minimum absolute atomic E-state index is 0.0825. The lowest BCUT2D eigenvalue weighted by atomic mass is 9.91. The summed E-state index contributed by atoms with van der Waals surface area (Å²) in [6, 6.07) is 5.34. The molecule has 1 aliphatic rings. The van der Waals surface area contributed by atoms with Gasteiger partial charge < -0.3 is 25.0 Å². The maximum absolute atomic E-state index is 13.8. The first kappa shape index (κ1) is 30.9. The minimum Gasteiger partial charge on any atom is -0.394 e. The molecule has 0 aliphatic carbocycles. The predicted molar refractivity (Wildman–Crippen MR) is 145 cm³/mol. The second kappa shape index (κ2) is 13.3. The van der Waals surface area contributed by atoms with Crippen LogP contribution in [0.3, 0.4) is 0 Å². The van der Waals surface area contributed by atoms with Crippen molar-refractivity contribution in [2.24, 2.45) is 0 Å². The Morgan fingerprint density at radius 3 is 2.46 bits per heavy atom. The van der Waals surface area contributed by atoms with Crippen LogP contribution in [0.5, 0.6) is 0 Å². The molecule has 4 rings (SSSR count). The van der Waals surface area contributed by atoms with Crippen LogP contribution in [0.25, 0.3) is 11.3 Å². The Hall–Kier alpha value is -3.03. The van der Waals surface area contributed by atoms with Gasteiger partial charge in [-0.3, -0.25) is 4.79 Å². The number of aryl methyl sites for hydroxylation is 1. The van der Waals surface area contributed by atoms with Crippen molar-refractivity contribution < 1.29 is 38.0 Å². The lowest BCUT2D eigenvalue weighted by Crippen LogP contribution is -2.60. The summed E-state index contributed by atoms with van der Waals surface area (Å²) in [5.74, 6) is -5.16. The molecule has 13 heteroatoms. The number of likely N-dealkylation sites (N-methyl/N-ethyl adjacent to an activating group) is 1. The summed E-state index contributed by atoms with van der Waals surface area (Å²) in [6.07, 6.45) is -0.0664. The van der Waals surface area contributed by atoms with Crippen molar-refractivity contribution >= 4 is 23.2 Å². The van der Waals surface area contributed by atoms with Crippen molar-refractivity contribution in [3.63, 3.8) is 0 Å². The number of hydrogen-bond acceptors (Lipinski definition) is 7. The monoisotopic (exact) mass is 596 g/mol. The first-order valence-corrected chi connectivity index (χ1v) is 13.7. The first-order valence-electron chi connectivity index (χ1n) is 13.3. The number of nitrogens with zero attached hydrogens (tertiary/aromatic N) is 4. The zero-order chi connectivity index (χ0) is 29.8. The van der Waals surface area contributed by atoms with Crippen LogP contribution < -0.4 is 4.90 Å². The quantitative estimate of drug-likeness (QED) is 0.240. The van der Waals surface area contributed by atoms with Crippen molar-refractivity contribution in [2.75, 3.05) is 18.6 Å². The van der Waals surface area contributed by atoms with Crippen LogP contribution >= 0.6 is 11.6 Å². The molecule has 9 nitrogen and oxygen atoms in total. The molecule has 1 saturated heterocycles. The third kappa shape index (κ3) is 6.57. The number of aliphatic hydroxyl groups excluding tert-OH is 3. The topological polar surface area (TPSA) is 121 Å². The molecule has 2 aromatic carbocycles. The molecule has 41 heavy (non-hydrogen) atoms. The molecule has 0 radical (unpaired) electrons. The fraction of sp³-hybridized carbons (Fsp3) is 0.464. The van der Waals surface area contributed by atoms with E-state index in [2.05, 4.69) is 17.2 Å². The number of unbranched alkanes of at least 4 members (excludes halogenated alkanes) is 3. The zero-order valence-corrected chi connectivity index (χ0v) is 23.3. The molecule has 3 N–H and O–H groups in total. The van der Waals surface area contributed by atoms with Crippen LogP contribution in [0.2, 0.25) is 5.02 Å². The SMILES string of the molecule is CCCCCCc1ccc(Cl)cc1N(C)C(=O)C1O[C@H](CO)[C@H](O)[C@H](n2cc(-c3cc(F)c(F)c(F)c3)nn2)[C@H]1O. The van der Waals surface area contributed by atoms with E-state index < -0.39 is 60.4 Å². The Balaban J connectivity index is 1.62. The first-order chi connectivity index (χ1) is 19.6. The summed E-state index contributed by atoms with van der Waals surface area (Å²) >= 11 is 6.24. The molecular formula is C28H32ClF3N4O5. The van der Waals surface area contributed by atoms with E-state index in [9.17, 15) is 33.3 Å². The molecule has 3 aromatic rings. The number of hydrogen-bond donors (Lipinski definition) is 3. The van der Waals surface area contributed by atoms with Crippen molar-refractivity contribution in [1.29, 1.82) is 0 Å². The minimum atomic E-state index is -1.67. The fourth-order valence-electron chi connectivity index (χ4n) is 4.99. The average molecular weight is 597 g/mol. The van der Waals surface area contributed by atoms with E-state index >= 15 is 0 Å². The van der Waals surface area contributed by atoms with Gasteiger partial charge in [-0.1, -0.05) is 49.1 Å². The van der Waals surface area contributed by atoms with Gasteiger partial charge in [0.15, 0.2) is 23.6 Å². The predicted octanol–water partition coefficient (Wildman–Crippen LogP) is 3.82. The van der Waals surface area contributed by atoms with Gasteiger partial charge in [0.25, 0.3) is 5.91 Å². The van der Waals surface area contributed by atoms with Gasteiger partial charge in [0.2, 0.25) is 0 Å². The Bertz CT molecular complexity index is 1350. The van der Waals surface area contributed by atoms with Crippen molar-refractivity contribution in [1.82, 2.24) is 15.0 Å². The van der Waals surface area contributed by atoms with Gasteiger partial charge in [0.05, 0.1) is 12.8 Å². The van der Waals surface area contributed by atoms with E-state index in [0.29, 0.717) is 17.1 Å². The van der Waals surface area contributed by atoms with Crippen LogP contribution in [0.4, 0.5) is 18.9 Å². The standard InChI is InChI=1S/C28H32ClF3N4O5/c1-3-4-5-6-7-15-8-9-17(29)12-21(15)35(2)28(40)27-26(39)24(25(38)22(14-37)41-27)36-13-20(33-34-36)16-10-18(30)23(32)19(31)11-16/h8-13,22,24-27,37-39H,3-7,14H2,1-2H3/t22-,24+,25+,26-,27?/m1/s1. The summed E-state index contributed by atoms with van der Waals surface area (Å²) in [5.41, 5.74) is 1.19. The number of halogens is 4. The van der Waals surface area contributed by atoms with Crippen LogP contribution in [-0.2, 0) is 16.0 Å². The molecular weight excluding hydrogens is 565 g/mol. The van der Waals surface area contributed by atoms with Gasteiger partial charge in [0.1, 0.15) is 30.0 Å². The van der Waals surface area contributed by atoms with Gasteiger partial charge >= 0.3 is 0 Å². The van der Waals surface area contributed by atoms with E-state index in [4.69, 9.17) is 16.3 Å². The highest BCUT2D eigenvalue weighted by Gasteiger charge is 2.49. The van der Waals surface area contributed by atoms with Crippen molar-refractivity contribution in [3.8, 4) is 11.3 Å². The molecule has 0 spiro atoms. The largest absolute Gasteiger partial charge is 0.394 e. The normalized spacial score (nSPS) is 22.6. The number of carbonyl (C=O) groups excluding carboxylic acids is 1. The molecule has 222 valence electrons. The highest BCUT2D eigenvalue weighted by molar-refractivity contribution is 6.31. The van der Waals surface area contributed by atoms with Gasteiger partial charge in [-0.2, -0.15) is 0 Å². The highest BCUT2D eigenvalue weighted by Crippen LogP contribution is 2.34. The number of aliphatic hydroxyl groups is 3. The lowest BCUT2D eigenvalue weighted by Gasteiger charge is -2.42. The van der Waals surface area contributed by atoms with Crippen LogP contribution in [0, 0.1) is 17.5 Å². The number of anilines is 1. The van der Waals surface area contributed by atoms with Crippen molar-refractivity contribution in [2.45, 2.75) is 69.5 Å². The molecule has 2 heterocycles. The molecule has 1 aliphatic heterocycles. The summed E-state index contributed by atoms with van der Waals surface area (Å²) in [5, 5.41) is 40.1. The maximum atomic E-state index is 13.8. The van der Waals surface area contributed by atoms with Gasteiger partial charge in [-0.25, -0.2) is 17.9 Å². The third-order valence-corrected chi connectivity index (χ3v) is 7.51. The number of ether oxygens (including phenoxy) is 1. The Kier molecular flexibility index (Phi) is 10.0. The van der Waals surface area contributed by atoms with Crippen LogP contribution in [-0.4, -0.2) is 74.3 Å². The van der Waals surface area contributed by atoms with E-state index in [1.54, 1.807) is 12.1 Å². The molecule has 5 atom stereocenters. The second-order valence-corrected chi connectivity index (χ2v) is 10.5. The molecule has 1 unspecified atom stereocenters. The number of aromatic nitrogens is 3. The molecule has 0 bridgehead atoms. The van der Waals surface area contributed by atoms with Gasteiger partial charge in [-0.15, -0.1) is 5.10 Å². The maximum Gasteiger partial charge on any atom is 0.258 e. The van der Waals surface area contributed by atoms with Gasteiger partial charge in [0, 0.05) is 23.3 Å². The Morgan fingerprint density at radius 1 is 1.10 bits per heavy atom.